The van der Waals surface area contributed by atoms with Crippen LogP contribution in [0.4, 0.5) is 13.2 Å². The van der Waals surface area contributed by atoms with E-state index in [2.05, 4.69) is 5.32 Å². The lowest BCUT2D eigenvalue weighted by atomic mass is 9.84. The van der Waals surface area contributed by atoms with E-state index in [0.717, 1.165) is 17.7 Å². The highest BCUT2D eigenvalue weighted by atomic mass is 32.1. The quantitative estimate of drug-likeness (QED) is 0.909. The molecule has 1 amide bonds. The summed E-state index contributed by atoms with van der Waals surface area (Å²) in [6, 6.07) is 3.57. The molecule has 0 radical (unpaired) electrons. The number of halogens is 3. The molecular weight excluding hydrogens is 301 g/mol. The minimum atomic E-state index is -4.50. The Labute approximate surface area is 125 Å². The van der Waals surface area contributed by atoms with E-state index >= 15 is 0 Å². The number of amides is 1. The molecule has 3 nitrogen and oxygen atoms in total. The number of hydrogen-bond donors (Lipinski definition) is 1. The van der Waals surface area contributed by atoms with Crippen molar-refractivity contribution in [3.8, 4) is 0 Å². The smallest absolute Gasteiger partial charge is 0.334 e. The number of rotatable bonds is 2. The Morgan fingerprint density at radius 1 is 1.48 bits per heavy atom. The second-order valence-electron chi connectivity index (χ2n) is 5.68. The highest BCUT2D eigenvalue weighted by Gasteiger charge is 2.63. The molecule has 7 heteroatoms. The van der Waals surface area contributed by atoms with E-state index in [0.29, 0.717) is 6.54 Å². The van der Waals surface area contributed by atoms with Gasteiger partial charge in [-0.05, 0) is 37.3 Å². The molecule has 0 spiro atoms. The molecule has 2 saturated heterocycles. The van der Waals surface area contributed by atoms with Crippen molar-refractivity contribution in [1.29, 1.82) is 0 Å². The molecule has 116 valence electrons. The minimum absolute atomic E-state index is 0.164. The van der Waals surface area contributed by atoms with Crippen LogP contribution in [0.3, 0.4) is 0 Å². The number of alkyl halides is 3. The maximum absolute atomic E-state index is 13.5. The second-order valence-corrected chi connectivity index (χ2v) is 6.66. The zero-order valence-corrected chi connectivity index (χ0v) is 12.3. The molecule has 1 aromatic rings. The topological polar surface area (TPSA) is 32.3 Å². The van der Waals surface area contributed by atoms with E-state index in [-0.39, 0.29) is 25.6 Å². The molecule has 1 aromatic heterocycles. The van der Waals surface area contributed by atoms with Gasteiger partial charge < -0.3 is 10.2 Å². The first-order valence-electron chi connectivity index (χ1n) is 7.08. The van der Waals surface area contributed by atoms with E-state index < -0.39 is 17.5 Å². The standard InChI is InChI=1S/C14H17F3N2OS/c15-14(16,17)13(5-6-18-9-13)12(20)19-7-1-3-10(19)11-4-2-8-21-11/h2,4,8,10,18H,1,3,5-7,9H2. The van der Waals surface area contributed by atoms with Crippen molar-refractivity contribution < 1.29 is 18.0 Å². The highest BCUT2D eigenvalue weighted by Crippen LogP contribution is 2.47. The van der Waals surface area contributed by atoms with E-state index in [9.17, 15) is 18.0 Å². The largest absolute Gasteiger partial charge is 0.404 e. The summed E-state index contributed by atoms with van der Waals surface area (Å²) < 4.78 is 40.5. The van der Waals surface area contributed by atoms with Gasteiger partial charge in [-0.15, -0.1) is 11.3 Å². The van der Waals surface area contributed by atoms with E-state index in [1.165, 1.54) is 16.2 Å². The number of nitrogens with zero attached hydrogens (tertiary/aromatic N) is 1. The van der Waals surface area contributed by atoms with Crippen LogP contribution in [0, 0.1) is 5.41 Å². The van der Waals surface area contributed by atoms with Crippen LogP contribution in [0.15, 0.2) is 17.5 Å². The predicted molar refractivity (Wildman–Crippen MR) is 74.0 cm³/mol. The van der Waals surface area contributed by atoms with Crippen molar-refractivity contribution in [3.63, 3.8) is 0 Å². The molecule has 2 aliphatic heterocycles. The fourth-order valence-electron chi connectivity index (χ4n) is 3.30. The summed E-state index contributed by atoms with van der Waals surface area (Å²) in [5.74, 6) is -0.754. The van der Waals surface area contributed by atoms with Crippen molar-refractivity contribution in [3.05, 3.63) is 22.4 Å². The molecule has 3 heterocycles. The molecule has 0 aliphatic carbocycles. The lowest BCUT2D eigenvalue weighted by Gasteiger charge is -2.36. The fourth-order valence-corrected chi connectivity index (χ4v) is 4.17. The van der Waals surface area contributed by atoms with Gasteiger partial charge in [0.1, 0.15) is 0 Å². The van der Waals surface area contributed by atoms with E-state index in [1.54, 1.807) is 0 Å². The van der Waals surface area contributed by atoms with Crippen LogP contribution in [0.5, 0.6) is 0 Å². The highest BCUT2D eigenvalue weighted by molar-refractivity contribution is 7.10. The monoisotopic (exact) mass is 318 g/mol. The zero-order valence-electron chi connectivity index (χ0n) is 11.4. The average molecular weight is 318 g/mol. The average Bonchev–Trinajstić information content (AvgIpc) is 3.17. The van der Waals surface area contributed by atoms with Gasteiger partial charge in [0.15, 0.2) is 5.41 Å². The minimum Gasteiger partial charge on any atom is -0.334 e. The van der Waals surface area contributed by atoms with Crippen LogP contribution in [0.25, 0.3) is 0 Å². The maximum Gasteiger partial charge on any atom is 0.404 e. The molecule has 2 unspecified atom stereocenters. The predicted octanol–water partition coefficient (Wildman–Crippen LogP) is 2.95. The lowest BCUT2D eigenvalue weighted by Crippen LogP contribution is -2.53. The molecule has 1 N–H and O–H groups in total. The normalized spacial score (nSPS) is 30.0. The number of likely N-dealkylation sites (tertiary alicyclic amines) is 1. The Balaban J connectivity index is 1.89. The van der Waals surface area contributed by atoms with Gasteiger partial charge in [-0.3, -0.25) is 4.79 Å². The maximum atomic E-state index is 13.5. The zero-order chi connectivity index (χ0) is 15.1. The van der Waals surface area contributed by atoms with Crippen molar-refractivity contribution in [2.24, 2.45) is 5.41 Å². The summed E-state index contributed by atoms with van der Waals surface area (Å²) >= 11 is 1.50. The third kappa shape index (κ3) is 2.36. The second kappa shape index (κ2) is 5.28. The van der Waals surface area contributed by atoms with Crippen LogP contribution in [-0.2, 0) is 4.79 Å². The molecule has 2 fully saturated rings. The summed E-state index contributed by atoms with van der Waals surface area (Å²) in [6.45, 7) is 0.352. The van der Waals surface area contributed by atoms with Gasteiger partial charge in [-0.25, -0.2) is 0 Å². The van der Waals surface area contributed by atoms with Crippen molar-refractivity contribution in [1.82, 2.24) is 10.2 Å². The van der Waals surface area contributed by atoms with Crippen LogP contribution in [-0.4, -0.2) is 36.6 Å². The first-order chi connectivity index (χ1) is 9.96. The summed E-state index contributed by atoms with van der Waals surface area (Å²) in [5.41, 5.74) is -2.24. The van der Waals surface area contributed by atoms with Crippen LogP contribution in [0.2, 0.25) is 0 Å². The SMILES string of the molecule is O=C(N1CCCC1c1cccs1)C1(C(F)(F)F)CCNC1. The van der Waals surface area contributed by atoms with Gasteiger partial charge in [-0.1, -0.05) is 6.07 Å². The Kier molecular flexibility index (Phi) is 3.73. The van der Waals surface area contributed by atoms with Gasteiger partial charge in [-0.2, -0.15) is 13.2 Å². The number of carbonyl (C=O) groups is 1. The third-order valence-corrected chi connectivity index (χ3v) is 5.47. The third-order valence-electron chi connectivity index (χ3n) is 4.49. The lowest BCUT2D eigenvalue weighted by molar-refractivity contribution is -0.222. The number of thiophene rings is 1. The number of carbonyl (C=O) groups excluding carboxylic acids is 1. The first-order valence-corrected chi connectivity index (χ1v) is 7.96. The molecule has 0 aromatic carbocycles. The Morgan fingerprint density at radius 2 is 2.29 bits per heavy atom. The fraction of sp³-hybridized carbons (Fsp3) is 0.643. The Morgan fingerprint density at radius 3 is 2.86 bits per heavy atom. The van der Waals surface area contributed by atoms with Crippen molar-refractivity contribution in [2.75, 3.05) is 19.6 Å². The molecular formula is C14H17F3N2OS. The molecule has 21 heavy (non-hydrogen) atoms. The van der Waals surface area contributed by atoms with E-state index in [1.807, 2.05) is 17.5 Å². The van der Waals surface area contributed by atoms with Gasteiger partial charge >= 0.3 is 6.18 Å². The molecule has 2 aliphatic rings. The van der Waals surface area contributed by atoms with Gasteiger partial charge in [0.05, 0.1) is 6.04 Å². The molecule has 0 bridgehead atoms. The van der Waals surface area contributed by atoms with Crippen LogP contribution >= 0.6 is 11.3 Å². The molecule has 0 saturated carbocycles. The molecule has 3 rings (SSSR count). The summed E-state index contributed by atoms with van der Waals surface area (Å²) in [5, 5.41) is 4.60. The first kappa shape index (κ1) is 14.8. The summed E-state index contributed by atoms with van der Waals surface area (Å²) in [4.78, 5) is 15.1. The molecule has 2 atom stereocenters. The summed E-state index contributed by atoms with van der Waals surface area (Å²) in [7, 11) is 0. The van der Waals surface area contributed by atoms with E-state index in [4.69, 9.17) is 0 Å². The van der Waals surface area contributed by atoms with Gasteiger partial charge in [0.25, 0.3) is 0 Å². The Hall–Kier alpha value is -1.08. The van der Waals surface area contributed by atoms with Crippen molar-refractivity contribution >= 4 is 17.2 Å². The van der Waals surface area contributed by atoms with Gasteiger partial charge in [0.2, 0.25) is 5.91 Å². The Bertz CT molecular complexity index is 509. The van der Waals surface area contributed by atoms with Crippen molar-refractivity contribution in [2.45, 2.75) is 31.5 Å². The summed E-state index contributed by atoms with van der Waals surface area (Å²) in [6.07, 6.45) is -3.16. The van der Waals surface area contributed by atoms with Crippen LogP contribution in [0.1, 0.15) is 30.2 Å². The van der Waals surface area contributed by atoms with Crippen LogP contribution < -0.4 is 5.32 Å². The number of nitrogens with one attached hydrogen (secondary N) is 1. The van der Waals surface area contributed by atoms with Gasteiger partial charge in [0, 0.05) is 18.0 Å². The number of hydrogen-bond acceptors (Lipinski definition) is 3.